The van der Waals surface area contributed by atoms with E-state index < -0.39 is 0 Å². The monoisotopic (exact) mass is 278 g/mol. The Bertz CT molecular complexity index is 820. The van der Waals surface area contributed by atoms with Crippen molar-refractivity contribution in [3.8, 4) is 0 Å². The third kappa shape index (κ3) is 2.15. The van der Waals surface area contributed by atoms with Crippen LogP contribution in [0, 0.1) is 20.8 Å². The van der Waals surface area contributed by atoms with Gasteiger partial charge >= 0.3 is 0 Å². The fourth-order valence-electron chi connectivity index (χ4n) is 3.13. The molecule has 0 fully saturated rings. The Morgan fingerprint density at radius 3 is 2.52 bits per heavy atom. The lowest BCUT2D eigenvalue weighted by atomic mass is 9.90. The first kappa shape index (κ1) is 13.9. The van der Waals surface area contributed by atoms with Gasteiger partial charge in [-0.1, -0.05) is 35.9 Å². The summed E-state index contributed by atoms with van der Waals surface area (Å²) >= 11 is 0. The molecule has 1 aliphatic rings. The highest BCUT2D eigenvalue weighted by atomic mass is 15.3. The molecule has 2 aromatic rings. The Labute approximate surface area is 126 Å². The first-order valence-electron chi connectivity index (χ1n) is 7.40. The molecule has 0 radical (unpaired) electrons. The van der Waals surface area contributed by atoms with E-state index in [-0.39, 0.29) is 5.66 Å². The fourth-order valence-corrected chi connectivity index (χ4v) is 3.13. The van der Waals surface area contributed by atoms with Crippen LogP contribution < -0.4 is 10.6 Å². The summed E-state index contributed by atoms with van der Waals surface area (Å²) in [6.07, 6.45) is 2.19. The summed E-state index contributed by atoms with van der Waals surface area (Å²) in [4.78, 5) is 7.29. The van der Waals surface area contributed by atoms with E-state index in [1.807, 2.05) is 0 Å². The van der Waals surface area contributed by atoms with E-state index >= 15 is 0 Å². The zero-order chi connectivity index (χ0) is 15.2. The highest BCUT2D eigenvalue weighted by Gasteiger charge is 2.32. The molecular formula is C19H22N2. The first-order valence-corrected chi connectivity index (χ1v) is 7.40. The lowest BCUT2D eigenvalue weighted by Crippen LogP contribution is -2.46. The van der Waals surface area contributed by atoms with Crippen LogP contribution in [0.4, 0.5) is 0 Å². The number of benzene rings is 2. The van der Waals surface area contributed by atoms with E-state index in [9.17, 15) is 0 Å². The molecule has 0 saturated heterocycles. The van der Waals surface area contributed by atoms with E-state index in [1.54, 1.807) is 0 Å². The zero-order valence-electron chi connectivity index (χ0n) is 13.4. The summed E-state index contributed by atoms with van der Waals surface area (Å²) in [5.74, 6) is 0. The molecule has 1 heterocycles. The molecule has 2 nitrogen and oxygen atoms in total. The highest BCUT2D eigenvalue weighted by Crippen LogP contribution is 2.33. The lowest BCUT2D eigenvalue weighted by molar-refractivity contribution is 0.224. The predicted molar refractivity (Wildman–Crippen MR) is 87.5 cm³/mol. The number of nitrogens with zero attached hydrogens (tertiary/aromatic N) is 2. The largest absolute Gasteiger partial charge is 0.352 e. The van der Waals surface area contributed by atoms with Gasteiger partial charge in [0.05, 0.1) is 5.36 Å². The average Bonchev–Trinajstić information content (AvgIpc) is 2.44. The summed E-state index contributed by atoms with van der Waals surface area (Å²) < 4.78 is 0. The number of para-hydroxylation sites is 1. The van der Waals surface area contributed by atoms with Gasteiger partial charge in [0, 0.05) is 24.0 Å². The maximum absolute atomic E-state index is 5.07. The van der Waals surface area contributed by atoms with Gasteiger partial charge < -0.3 is 4.90 Å². The van der Waals surface area contributed by atoms with Crippen molar-refractivity contribution in [2.24, 2.45) is 4.99 Å². The Hall–Kier alpha value is -2.09. The molecule has 0 amide bonds. The van der Waals surface area contributed by atoms with Crippen LogP contribution in [-0.4, -0.2) is 11.9 Å². The molecule has 0 spiro atoms. The standard InChI is InChI=1S/C19H22N2/c1-13-10-14(2)15(3)17(11-13)19(4)20-18-9-7-6-8-16(18)12-21(19)5/h6-12H,1-5H3. The summed E-state index contributed by atoms with van der Waals surface area (Å²) in [5.41, 5.74) is 4.88. The summed E-state index contributed by atoms with van der Waals surface area (Å²) in [7, 11) is 2.11. The minimum absolute atomic E-state index is 0.352. The van der Waals surface area contributed by atoms with Crippen LogP contribution in [0.3, 0.4) is 0 Å². The second kappa shape index (κ2) is 4.73. The summed E-state index contributed by atoms with van der Waals surface area (Å²) in [6, 6.07) is 12.8. The number of fused-ring (bicyclic) bond motifs is 1. The van der Waals surface area contributed by atoms with Gasteiger partial charge in [-0.25, -0.2) is 0 Å². The van der Waals surface area contributed by atoms with Gasteiger partial charge in [-0.3, -0.25) is 4.99 Å². The normalized spacial score (nSPS) is 20.5. The van der Waals surface area contributed by atoms with E-state index in [0.29, 0.717) is 0 Å². The molecule has 0 bridgehead atoms. The quantitative estimate of drug-likeness (QED) is 0.783. The lowest BCUT2D eigenvalue weighted by Gasteiger charge is -2.38. The Kier molecular flexibility index (Phi) is 3.12. The topological polar surface area (TPSA) is 15.6 Å². The molecule has 21 heavy (non-hydrogen) atoms. The molecule has 3 rings (SSSR count). The van der Waals surface area contributed by atoms with Crippen molar-refractivity contribution in [3.63, 3.8) is 0 Å². The van der Waals surface area contributed by atoms with Gasteiger partial charge in [-0.2, -0.15) is 0 Å². The van der Waals surface area contributed by atoms with E-state index in [1.165, 1.54) is 27.5 Å². The fraction of sp³-hybridized carbons (Fsp3) is 0.316. The van der Waals surface area contributed by atoms with Crippen LogP contribution >= 0.6 is 0 Å². The van der Waals surface area contributed by atoms with Crippen molar-refractivity contribution < 1.29 is 0 Å². The maximum Gasteiger partial charge on any atom is 0.155 e. The Morgan fingerprint density at radius 1 is 1.05 bits per heavy atom. The molecule has 0 N–H and O–H groups in total. The first-order chi connectivity index (χ1) is 9.91. The second-order valence-electron chi connectivity index (χ2n) is 6.19. The SMILES string of the molecule is Cc1cc(C)c(C)c(C2(C)N=c3ccccc3=CN2C)c1. The average molecular weight is 278 g/mol. The van der Waals surface area contributed by atoms with Crippen LogP contribution in [0.5, 0.6) is 0 Å². The van der Waals surface area contributed by atoms with Crippen molar-refractivity contribution in [3.05, 3.63) is 69.2 Å². The predicted octanol–water partition coefficient (Wildman–Crippen LogP) is 2.79. The van der Waals surface area contributed by atoms with Gasteiger partial charge in [-0.05, 0) is 44.9 Å². The van der Waals surface area contributed by atoms with Gasteiger partial charge in [0.2, 0.25) is 0 Å². The molecule has 0 aliphatic carbocycles. The van der Waals surface area contributed by atoms with Crippen LogP contribution in [0.1, 0.15) is 29.2 Å². The molecule has 2 aromatic carbocycles. The van der Waals surface area contributed by atoms with E-state index in [0.717, 1.165) is 5.36 Å². The molecule has 2 heteroatoms. The summed E-state index contributed by atoms with van der Waals surface area (Å²) in [6.45, 7) is 8.72. The van der Waals surface area contributed by atoms with E-state index in [2.05, 4.69) is 82.2 Å². The van der Waals surface area contributed by atoms with E-state index in [4.69, 9.17) is 4.99 Å². The molecule has 108 valence electrons. The third-order valence-electron chi connectivity index (χ3n) is 4.62. The van der Waals surface area contributed by atoms with Crippen molar-refractivity contribution in [2.75, 3.05) is 7.05 Å². The number of aryl methyl sites for hydroxylation is 2. The van der Waals surface area contributed by atoms with Gasteiger partial charge in [0.25, 0.3) is 0 Å². The van der Waals surface area contributed by atoms with Crippen molar-refractivity contribution in [2.45, 2.75) is 33.4 Å². The molecule has 0 saturated carbocycles. The minimum atomic E-state index is -0.352. The third-order valence-corrected chi connectivity index (χ3v) is 4.62. The van der Waals surface area contributed by atoms with Crippen molar-refractivity contribution in [1.82, 2.24) is 4.90 Å². The minimum Gasteiger partial charge on any atom is -0.352 e. The van der Waals surface area contributed by atoms with Crippen molar-refractivity contribution >= 4 is 6.20 Å². The van der Waals surface area contributed by atoms with Gasteiger partial charge in [-0.15, -0.1) is 0 Å². The number of rotatable bonds is 1. The molecular weight excluding hydrogens is 256 g/mol. The highest BCUT2D eigenvalue weighted by molar-refractivity contribution is 5.43. The maximum atomic E-state index is 5.07. The Balaban J connectivity index is 2.30. The second-order valence-corrected chi connectivity index (χ2v) is 6.19. The van der Waals surface area contributed by atoms with Crippen LogP contribution in [0.25, 0.3) is 6.20 Å². The van der Waals surface area contributed by atoms with Crippen LogP contribution in [0.15, 0.2) is 41.4 Å². The van der Waals surface area contributed by atoms with Gasteiger partial charge in [0.1, 0.15) is 0 Å². The van der Waals surface area contributed by atoms with Crippen molar-refractivity contribution in [1.29, 1.82) is 0 Å². The van der Waals surface area contributed by atoms with Crippen LogP contribution in [-0.2, 0) is 5.66 Å². The molecule has 0 aromatic heterocycles. The van der Waals surface area contributed by atoms with Gasteiger partial charge in [0.15, 0.2) is 5.66 Å². The number of hydrogen-bond acceptors (Lipinski definition) is 2. The molecule has 1 atom stereocenters. The molecule has 1 aliphatic heterocycles. The smallest absolute Gasteiger partial charge is 0.155 e. The van der Waals surface area contributed by atoms with Crippen LogP contribution in [0.2, 0.25) is 0 Å². The number of hydrogen-bond donors (Lipinski definition) is 0. The molecule has 1 unspecified atom stereocenters. The zero-order valence-corrected chi connectivity index (χ0v) is 13.4. The Morgan fingerprint density at radius 2 is 1.76 bits per heavy atom. The summed E-state index contributed by atoms with van der Waals surface area (Å²) in [5, 5.41) is 2.25.